The van der Waals surface area contributed by atoms with Crippen LogP contribution in [0.3, 0.4) is 0 Å². The second-order valence-electron chi connectivity index (χ2n) is 4.84. The molecule has 0 amide bonds. The summed E-state index contributed by atoms with van der Waals surface area (Å²) in [6.07, 6.45) is 0. The molecule has 0 saturated carbocycles. The van der Waals surface area contributed by atoms with Crippen molar-refractivity contribution in [3.8, 4) is 17.2 Å². The lowest BCUT2D eigenvalue weighted by atomic mass is 10.2. The van der Waals surface area contributed by atoms with Gasteiger partial charge in [-0.15, -0.1) is 5.10 Å². The van der Waals surface area contributed by atoms with Gasteiger partial charge in [-0.25, -0.2) is 4.98 Å². The van der Waals surface area contributed by atoms with Crippen molar-refractivity contribution < 1.29 is 9.15 Å². The van der Waals surface area contributed by atoms with E-state index < -0.39 is 0 Å². The van der Waals surface area contributed by atoms with Gasteiger partial charge in [0.05, 0.1) is 17.4 Å². The second kappa shape index (κ2) is 6.21. The third-order valence-electron chi connectivity index (χ3n) is 3.35. The van der Waals surface area contributed by atoms with Gasteiger partial charge in [0.1, 0.15) is 11.3 Å². The van der Waals surface area contributed by atoms with Crippen molar-refractivity contribution >= 4 is 48.6 Å². The molecule has 120 valence electrons. The summed E-state index contributed by atoms with van der Waals surface area (Å²) in [5.74, 6) is 1.17. The number of nitrogens with one attached hydrogen (secondary N) is 1. The van der Waals surface area contributed by atoms with Crippen LogP contribution >= 0.6 is 27.3 Å². The highest BCUT2D eigenvalue weighted by molar-refractivity contribution is 9.10. The molecule has 4 aromatic rings. The summed E-state index contributed by atoms with van der Waals surface area (Å²) in [4.78, 5) is 4.52. The number of thiazole rings is 1. The maximum atomic E-state index is 5.68. The Hall–Kier alpha value is -2.45. The quantitative estimate of drug-likeness (QED) is 0.525. The highest BCUT2D eigenvalue weighted by Crippen LogP contribution is 2.34. The number of fused-ring (bicyclic) bond motifs is 1. The number of ether oxygens (including phenoxy) is 1. The molecule has 0 aliphatic rings. The zero-order chi connectivity index (χ0) is 16.5. The molecule has 0 aliphatic heterocycles. The minimum Gasteiger partial charge on any atom is -0.494 e. The third kappa shape index (κ3) is 2.74. The molecule has 0 saturated heterocycles. The SMILES string of the molecule is COc1cccc2sc(Nc3nnc(-c4ccccc4Br)o3)nc12. The number of benzene rings is 2. The average Bonchev–Trinajstić information content (AvgIpc) is 3.21. The van der Waals surface area contributed by atoms with Gasteiger partial charge in [-0.3, -0.25) is 5.32 Å². The maximum absolute atomic E-state index is 5.68. The first-order valence-electron chi connectivity index (χ1n) is 7.03. The summed E-state index contributed by atoms with van der Waals surface area (Å²) in [7, 11) is 1.63. The van der Waals surface area contributed by atoms with Gasteiger partial charge in [0.15, 0.2) is 5.13 Å². The predicted molar refractivity (Wildman–Crippen MR) is 96.9 cm³/mol. The second-order valence-corrected chi connectivity index (χ2v) is 6.73. The molecule has 8 heteroatoms. The average molecular weight is 403 g/mol. The van der Waals surface area contributed by atoms with E-state index in [0.717, 1.165) is 26.0 Å². The summed E-state index contributed by atoms with van der Waals surface area (Å²) in [6.45, 7) is 0. The lowest BCUT2D eigenvalue weighted by Crippen LogP contribution is -1.89. The van der Waals surface area contributed by atoms with Crippen LogP contribution in [0.15, 0.2) is 51.4 Å². The number of aromatic nitrogens is 3. The number of para-hydroxylation sites is 1. The molecule has 0 atom stereocenters. The largest absolute Gasteiger partial charge is 0.494 e. The normalized spacial score (nSPS) is 10.9. The van der Waals surface area contributed by atoms with Gasteiger partial charge in [0, 0.05) is 4.47 Å². The zero-order valence-corrected chi connectivity index (χ0v) is 14.9. The summed E-state index contributed by atoms with van der Waals surface area (Å²) in [5.41, 5.74) is 1.64. The topological polar surface area (TPSA) is 73.1 Å². The van der Waals surface area contributed by atoms with Gasteiger partial charge in [0.2, 0.25) is 0 Å². The van der Waals surface area contributed by atoms with Crippen LogP contribution in [0.4, 0.5) is 11.1 Å². The van der Waals surface area contributed by atoms with E-state index in [1.165, 1.54) is 11.3 Å². The van der Waals surface area contributed by atoms with Gasteiger partial charge in [-0.1, -0.05) is 34.6 Å². The zero-order valence-electron chi connectivity index (χ0n) is 12.5. The van der Waals surface area contributed by atoms with Gasteiger partial charge in [-0.05, 0) is 40.2 Å². The van der Waals surface area contributed by atoms with E-state index in [0.29, 0.717) is 17.0 Å². The number of hydrogen-bond acceptors (Lipinski definition) is 7. The summed E-state index contributed by atoms with van der Waals surface area (Å²) in [6, 6.07) is 13.8. The van der Waals surface area contributed by atoms with Crippen molar-refractivity contribution in [3.63, 3.8) is 0 Å². The van der Waals surface area contributed by atoms with Crippen molar-refractivity contribution in [3.05, 3.63) is 46.9 Å². The molecule has 0 radical (unpaired) electrons. The highest BCUT2D eigenvalue weighted by Gasteiger charge is 2.14. The lowest BCUT2D eigenvalue weighted by molar-refractivity contribution is 0.419. The van der Waals surface area contributed by atoms with Crippen molar-refractivity contribution in [1.82, 2.24) is 15.2 Å². The fourth-order valence-electron chi connectivity index (χ4n) is 2.25. The fraction of sp³-hybridized carbons (Fsp3) is 0.0625. The number of anilines is 2. The van der Waals surface area contributed by atoms with Crippen LogP contribution in [0, 0.1) is 0 Å². The standard InChI is InChI=1S/C16H11BrN4O2S/c1-22-11-7-4-8-12-13(11)18-16(24-12)19-15-21-20-14(23-15)9-5-2-3-6-10(9)17/h2-8H,1H3,(H,18,19,21). The Labute approximate surface area is 149 Å². The van der Waals surface area contributed by atoms with Crippen LogP contribution in [-0.2, 0) is 0 Å². The Morgan fingerprint density at radius 3 is 2.83 bits per heavy atom. The number of rotatable bonds is 4. The third-order valence-corrected chi connectivity index (χ3v) is 4.97. The molecule has 2 aromatic carbocycles. The Bertz CT molecular complexity index is 1010. The van der Waals surface area contributed by atoms with Crippen molar-refractivity contribution in [2.75, 3.05) is 12.4 Å². The molecule has 4 rings (SSSR count). The first-order valence-corrected chi connectivity index (χ1v) is 8.64. The first kappa shape index (κ1) is 15.1. The van der Waals surface area contributed by atoms with Gasteiger partial charge in [0.25, 0.3) is 5.89 Å². The Morgan fingerprint density at radius 2 is 2.00 bits per heavy atom. The molecule has 0 unspecified atom stereocenters. The summed E-state index contributed by atoms with van der Waals surface area (Å²) in [5, 5.41) is 11.8. The van der Waals surface area contributed by atoms with Gasteiger partial charge in [-0.2, -0.15) is 0 Å². The molecule has 0 aliphatic carbocycles. The maximum Gasteiger partial charge on any atom is 0.322 e. The van der Waals surface area contributed by atoms with Gasteiger partial charge < -0.3 is 9.15 Å². The number of nitrogens with zero attached hydrogens (tertiary/aromatic N) is 3. The Balaban J connectivity index is 1.64. The summed E-state index contributed by atoms with van der Waals surface area (Å²) < 4.78 is 12.9. The van der Waals surface area contributed by atoms with E-state index in [-0.39, 0.29) is 0 Å². The van der Waals surface area contributed by atoms with Crippen LogP contribution in [-0.4, -0.2) is 22.3 Å². The van der Waals surface area contributed by atoms with Crippen LogP contribution < -0.4 is 10.1 Å². The Morgan fingerprint density at radius 1 is 1.12 bits per heavy atom. The van der Waals surface area contributed by atoms with Crippen LogP contribution in [0.1, 0.15) is 0 Å². The first-order chi connectivity index (χ1) is 11.7. The predicted octanol–water partition coefficient (Wildman–Crippen LogP) is 4.86. The minimum atomic E-state index is 0.291. The lowest BCUT2D eigenvalue weighted by Gasteiger charge is -1.98. The number of hydrogen-bond donors (Lipinski definition) is 1. The van der Waals surface area contributed by atoms with Crippen LogP contribution in [0.2, 0.25) is 0 Å². The van der Waals surface area contributed by atoms with E-state index in [2.05, 4.69) is 36.4 Å². The summed E-state index contributed by atoms with van der Waals surface area (Å²) >= 11 is 4.97. The van der Waals surface area contributed by atoms with Crippen molar-refractivity contribution in [2.45, 2.75) is 0 Å². The molecule has 2 aromatic heterocycles. The smallest absolute Gasteiger partial charge is 0.322 e. The highest BCUT2D eigenvalue weighted by atomic mass is 79.9. The minimum absolute atomic E-state index is 0.291. The van der Waals surface area contributed by atoms with E-state index in [1.54, 1.807) is 7.11 Å². The van der Waals surface area contributed by atoms with E-state index >= 15 is 0 Å². The Kier molecular flexibility index (Phi) is 3.91. The van der Waals surface area contributed by atoms with E-state index in [9.17, 15) is 0 Å². The molecule has 0 spiro atoms. The molecule has 0 bridgehead atoms. The van der Waals surface area contributed by atoms with Crippen molar-refractivity contribution in [1.29, 1.82) is 0 Å². The molecule has 0 fully saturated rings. The molecule has 1 N–H and O–H groups in total. The fourth-order valence-corrected chi connectivity index (χ4v) is 3.58. The van der Waals surface area contributed by atoms with Crippen LogP contribution in [0.5, 0.6) is 5.75 Å². The van der Waals surface area contributed by atoms with Crippen molar-refractivity contribution in [2.24, 2.45) is 0 Å². The van der Waals surface area contributed by atoms with Crippen LogP contribution in [0.25, 0.3) is 21.7 Å². The number of halogens is 1. The van der Waals surface area contributed by atoms with Gasteiger partial charge >= 0.3 is 6.01 Å². The molecule has 2 heterocycles. The number of methoxy groups -OCH3 is 1. The van der Waals surface area contributed by atoms with E-state index in [1.807, 2.05) is 42.5 Å². The monoisotopic (exact) mass is 402 g/mol. The molecule has 6 nitrogen and oxygen atoms in total. The molecular weight excluding hydrogens is 392 g/mol. The molecular formula is C16H11BrN4O2S. The molecule has 24 heavy (non-hydrogen) atoms. The van der Waals surface area contributed by atoms with E-state index in [4.69, 9.17) is 9.15 Å².